The van der Waals surface area contributed by atoms with Gasteiger partial charge in [-0.2, -0.15) is 13.2 Å². The molecule has 0 bridgehead atoms. The van der Waals surface area contributed by atoms with E-state index in [1.807, 2.05) is 6.92 Å². The number of hydrogen-bond acceptors (Lipinski definition) is 2. The highest BCUT2D eigenvalue weighted by Gasteiger charge is 2.45. The molecule has 2 fully saturated rings. The first-order valence-electron chi connectivity index (χ1n) is 7.28. The molecular weight excluding hydrogens is 287 g/mol. The van der Waals surface area contributed by atoms with E-state index in [1.54, 1.807) is 0 Å². The van der Waals surface area contributed by atoms with E-state index in [4.69, 9.17) is 0 Å². The minimum Gasteiger partial charge on any atom is -0.481 e. The smallest absolute Gasteiger partial charge is 0.391 e. The topological polar surface area (TPSA) is 57.6 Å². The van der Waals surface area contributed by atoms with Gasteiger partial charge in [0.1, 0.15) is 0 Å². The number of likely N-dealkylation sites (tertiary alicyclic amines) is 1. The Morgan fingerprint density at radius 3 is 2.10 bits per heavy atom. The minimum absolute atomic E-state index is 0.0697. The van der Waals surface area contributed by atoms with Crippen LogP contribution in [0, 0.1) is 23.7 Å². The minimum atomic E-state index is -4.21. The summed E-state index contributed by atoms with van der Waals surface area (Å²) in [6.07, 6.45) is -3.41. The molecule has 120 valence electrons. The first kappa shape index (κ1) is 16.1. The summed E-state index contributed by atoms with van der Waals surface area (Å²) in [6, 6.07) is 0. The number of alkyl halides is 3. The first-order valence-corrected chi connectivity index (χ1v) is 7.28. The average molecular weight is 307 g/mol. The number of carboxylic acid groups (broad SMARTS) is 1. The molecule has 0 radical (unpaired) electrons. The Hall–Kier alpha value is -1.27. The van der Waals surface area contributed by atoms with Gasteiger partial charge in [0.25, 0.3) is 0 Å². The average Bonchev–Trinajstić information content (AvgIpc) is 2.79. The Balaban J connectivity index is 1.97. The second kappa shape index (κ2) is 5.85. The van der Waals surface area contributed by atoms with Crippen LogP contribution < -0.4 is 0 Å². The van der Waals surface area contributed by atoms with Gasteiger partial charge in [0.15, 0.2) is 0 Å². The fourth-order valence-electron chi connectivity index (χ4n) is 3.50. The zero-order valence-electron chi connectivity index (χ0n) is 11.9. The van der Waals surface area contributed by atoms with Gasteiger partial charge in [0, 0.05) is 13.1 Å². The number of halogens is 3. The summed E-state index contributed by atoms with van der Waals surface area (Å²) < 4.78 is 37.8. The third-order valence-corrected chi connectivity index (χ3v) is 4.70. The van der Waals surface area contributed by atoms with Gasteiger partial charge >= 0.3 is 12.1 Å². The summed E-state index contributed by atoms with van der Waals surface area (Å²) >= 11 is 0. The fourth-order valence-corrected chi connectivity index (χ4v) is 3.50. The summed E-state index contributed by atoms with van der Waals surface area (Å²) in [5.74, 6) is -3.74. The molecule has 4 nitrogen and oxygen atoms in total. The summed E-state index contributed by atoms with van der Waals surface area (Å²) in [5, 5.41) is 9.18. The lowest BCUT2D eigenvalue weighted by Crippen LogP contribution is -2.45. The molecule has 21 heavy (non-hydrogen) atoms. The molecule has 1 aliphatic carbocycles. The zero-order chi connectivity index (χ0) is 15.8. The third kappa shape index (κ3) is 3.49. The van der Waals surface area contributed by atoms with E-state index in [9.17, 15) is 27.9 Å². The van der Waals surface area contributed by atoms with Crippen molar-refractivity contribution >= 4 is 11.9 Å². The van der Waals surface area contributed by atoms with Crippen LogP contribution in [0.5, 0.6) is 0 Å². The van der Waals surface area contributed by atoms with Crippen LogP contribution in [0.25, 0.3) is 0 Å². The van der Waals surface area contributed by atoms with Crippen LogP contribution in [-0.2, 0) is 9.59 Å². The number of carboxylic acids is 1. The van der Waals surface area contributed by atoms with Gasteiger partial charge in [-0.25, -0.2) is 0 Å². The second-order valence-electron chi connectivity index (χ2n) is 6.27. The molecule has 1 heterocycles. The number of nitrogens with zero attached hydrogens (tertiary/aromatic N) is 1. The van der Waals surface area contributed by atoms with Crippen molar-refractivity contribution in [2.45, 2.75) is 38.8 Å². The molecule has 2 aliphatic rings. The summed E-state index contributed by atoms with van der Waals surface area (Å²) in [7, 11) is 0. The highest BCUT2D eigenvalue weighted by molar-refractivity contribution is 5.85. The van der Waals surface area contributed by atoms with Crippen LogP contribution >= 0.6 is 0 Å². The van der Waals surface area contributed by atoms with E-state index in [2.05, 4.69) is 0 Å². The predicted molar refractivity (Wildman–Crippen MR) is 68.4 cm³/mol. The van der Waals surface area contributed by atoms with Gasteiger partial charge in [0.05, 0.1) is 17.8 Å². The van der Waals surface area contributed by atoms with Crippen molar-refractivity contribution in [1.82, 2.24) is 4.90 Å². The van der Waals surface area contributed by atoms with Crippen LogP contribution in [0.4, 0.5) is 13.2 Å². The largest absolute Gasteiger partial charge is 0.481 e. The molecule has 0 spiro atoms. The van der Waals surface area contributed by atoms with Crippen LogP contribution in [0.15, 0.2) is 0 Å². The van der Waals surface area contributed by atoms with Crippen molar-refractivity contribution in [3.8, 4) is 0 Å². The molecule has 0 aromatic heterocycles. The molecule has 1 amide bonds. The van der Waals surface area contributed by atoms with E-state index in [1.165, 1.54) is 4.90 Å². The molecule has 0 aromatic rings. The lowest BCUT2D eigenvalue weighted by molar-refractivity contribution is -0.187. The lowest BCUT2D eigenvalue weighted by Gasteiger charge is -2.35. The molecule has 1 saturated carbocycles. The number of hydrogen-bond donors (Lipinski definition) is 1. The normalized spacial score (nSPS) is 31.4. The standard InChI is InChI=1S/C14H20F3NO3/c1-8-6-10(11(7-8)13(20)21)12(19)18-4-2-9(3-5-18)14(15,16)17/h8-11H,2-7H2,1H3,(H,20,21)/t8?,10-,11+/m0/s1. The number of carbonyl (C=O) groups excluding carboxylic acids is 1. The molecule has 2 rings (SSSR count). The lowest BCUT2D eigenvalue weighted by atomic mass is 9.91. The quantitative estimate of drug-likeness (QED) is 0.853. The zero-order valence-corrected chi connectivity index (χ0v) is 11.9. The molecule has 3 atom stereocenters. The monoisotopic (exact) mass is 307 g/mol. The summed E-state index contributed by atoms with van der Waals surface area (Å²) in [6.45, 7) is 2.04. The molecular formula is C14H20F3NO3. The predicted octanol–water partition coefficient (Wildman–Crippen LogP) is 2.53. The number of rotatable bonds is 2. The first-order chi connectivity index (χ1) is 9.70. The van der Waals surface area contributed by atoms with Crippen LogP contribution in [0.2, 0.25) is 0 Å². The summed E-state index contributed by atoms with van der Waals surface area (Å²) in [5.41, 5.74) is 0. The third-order valence-electron chi connectivity index (χ3n) is 4.70. The van der Waals surface area contributed by atoms with Gasteiger partial charge in [0.2, 0.25) is 5.91 Å². The maximum absolute atomic E-state index is 12.6. The molecule has 1 unspecified atom stereocenters. The van der Waals surface area contributed by atoms with E-state index >= 15 is 0 Å². The Bertz CT molecular complexity index is 416. The van der Waals surface area contributed by atoms with Crippen molar-refractivity contribution < 1.29 is 27.9 Å². The van der Waals surface area contributed by atoms with Crippen molar-refractivity contribution in [2.75, 3.05) is 13.1 Å². The number of piperidine rings is 1. The van der Waals surface area contributed by atoms with Crippen LogP contribution in [0.3, 0.4) is 0 Å². The fraction of sp³-hybridized carbons (Fsp3) is 0.857. The summed E-state index contributed by atoms with van der Waals surface area (Å²) in [4.78, 5) is 25.0. The molecule has 1 aliphatic heterocycles. The second-order valence-corrected chi connectivity index (χ2v) is 6.27. The van der Waals surface area contributed by atoms with E-state index < -0.39 is 29.9 Å². The maximum atomic E-state index is 12.6. The Kier molecular flexibility index (Phi) is 4.49. The Morgan fingerprint density at radius 1 is 1.10 bits per heavy atom. The van der Waals surface area contributed by atoms with Gasteiger partial charge in [-0.05, 0) is 31.6 Å². The number of aliphatic carboxylic acids is 1. The Labute approximate surface area is 121 Å². The molecule has 1 N–H and O–H groups in total. The van der Waals surface area contributed by atoms with Crippen molar-refractivity contribution in [1.29, 1.82) is 0 Å². The van der Waals surface area contributed by atoms with E-state index in [0.29, 0.717) is 12.8 Å². The Morgan fingerprint density at radius 2 is 1.62 bits per heavy atom. The van der Waals surface area contributed by atoms with Crippen molar-refractivity contribution in [2.24, 2.45) is 23.7 Å². The van der Waals surface area contributed by atoms with Crippen LogP contribution in [0.1, 0.15) is 32.6 Å². The molecule has 0 aromatic carbocycles. The van der Waals surface area contributed by atoms with Crippen LogP contribution in [-0.4, -0.2) is 41.1 Å². The highest BCUT2D eigenvalue weighted by atomic mass is 19.4. The SMILES string of the molecule is CC1C[C@H](C(=O)N2CCC(C(F)(F)F)CC2)[C@H](C(=O)O)C1. The van der Waals surface area contributed by atoms with Gasteiger partial charge in [-0.15, -0.1) is 0 Å². The van der Waals surface area contributed by atoms with E-state index in [0.717, 1.165) is 0 Å². The number of carbonyl (C=O) groups is 2. The van der Waals surface area contributed by atoms with Crippen molar-refractivity contribution in [3.05, 3.63) is 0 Å². The maximum Gasteiger partial charge on any atom is 0.391 e. The van der Waals surface area contributed by atoms with Crippen molar-refractivity contribution in [3.63, 3.8) is 0 Å². The molecule has 1 saturated heterocycles. The van der Waals surface area contributed by atoms with Gasteiger partial charge in [-0.3, -0.25) is 9.59 Å². The van der Waals surface area contributed by atoms with Gasteiger partial charge < -0.3 is 10.0 Å². The highest BCUT2D eigenvalue weighted by Crippen LogP contribution is 2.39. The number of amides is 1. The van der Waals surface area contributed by atoms with Gasteiger partial charge in [-0.1, -0.05) is 6.92 Å². The molecule has 7 heteroatoms. The van der Waals surface area contributed by atoms with E-state index in [-0.39, 0.29) is 37.8 Å².